The van der Waals surface area contributed by atoms with Crippen molar-refractivity contribution in [2.24, 2.45) is 0 Å². The molecular formula is C17H25N3O2S. The normalized spacial score (nSPS) is 21.9. The molecule has 1 aromatic heterocycles. The largest absolute Gasteiger partial charge is 0.343 e. The molecule has 6 heteroatoms. The third-order valence-corrected chi connectivity index (χ3v) is 6.05. The Morgan fingerprint density at radius 2 is 2.00 bits per heavy atom. The van der Waals surface area contributed by atoms with Gasteiger partial charge in [0.05, 0.1) is 6.42 Å². The molecule has 126 valence electrons. The summed E-state index contributed by atoms with van der Waals surface area (Å²) in [6.07, 6.45) is 1.97. The first-order valence-corrected chi connectivity index (χ1v) is 9.30. The highest BCUT2D eigenvalue weighted by atomic mass is 32.1. The third kappa shape index (κ3) is 3.02. The molecule has 23 heavy (non-hydrogen) atoms. The van der Waals surface area contributed by atoms with Gasteiger partial charge in [0.1, 0.15) is 5.54 Å². The van der Waals surface area contributed by atoms with E-state index in [4.69, 9.17) is 0 Å². The Bertz CT molecular complexity index is 564. The second-order valence-electron chi connectivity index (χ2n) is 6.53. The van der Waals surface area contributed by atoms with Gasteiger partial charge in [0.2, 0.25) is 11.8 Å². The molecule has 0 aromatic carbocycles. The molecule has 0 aliphatic carbocycles. The second-order valence-corrected chi connectivity index (χ2v) is 7.31. The van der Waals surface area contributed by atoms with Gasteiger partial charge in [0, 0.05) is 33.2 Å². The Morgan fingerprint density at radius 3 is 2.61 bits per heavy atom. The minimum absolute atomic E-state index is 0.179. The molecule has 0 saturated carbocycles. The molecule has 0 bridgehead atoms. The van der Waals surface area contributed by atoms with Crippen LogP contribution < -0.4 is 0 Å². The van der Waals surface area contributed by atoms with E-state index in [9.17, 15) is 9.59 Å². The van der Waals surface area contributed by atoms with E-state index < -0.39 is 0 Å². The third-order valence-electron chi connectivity index (χ3n) is 5.32. The monoisotopic (exact) mass is 335 g/mol. The molecule has 2 saturated heterocycles. The summed E-state index contributed by atoms with van der Waals surface area (Å²) in [5, 5.41) is 4.03. The predicted molar refractivity (Wildman–Crippen MR) is 91.5 cm³/mol. The second kappa shape index (κ2) is 6.61. The number of hydrogen-bond acceptors (Lipinski definition) is 4. The molecule has 2 amide bonds. The van der Waals surface area contributed by atoms with Crippen LogP contribution in [0.1, 0.15) is 25.3 Å². The minimum atomic E-state index is -0.388. The average Bonchev–Trinajstić information content (AvgIpc) is 3.06. The fraction of sp³-hybridized carbons (Fsp3) is 0.647. The molecule has 2 fully saturated rings. The van der Waals surface area contributed by atoms with Crippen molar-refractivity contribution < 1.29 is 9.59 Å². The van der Waals surface area contributed by atoms with Gasteiger partial charge in [0.25, 0.3) is 0 Å². The van der Waals surface area contributed by atoms with Crippen molar-refractivity contribution in [2.45, 2.75) is 31.7 Å². The number of likely N-dealkylation sites (N-methyl/N-ethyl adjacent to an activating group) is 2. The van der Waals surface area contributed by atoms with E-state index >= 15 is 0 Å². The van der Waals surface area contributed by atoms with Crippen LogP contribution in [0.4, 0.5) is 0 Å². The van der Waals surface area contributed by atoms with Crippen molar-refractivity contribution in [1.82, 2.24) is 14.7 Å². The van der Waals surface area contributed by atoms with Crippen molar-refractivity contribution in [1.29, 1.82) is 0 Å². The van der Waals surface area contributed by atoms with E-state index in [-0.39, 0.29) is 17.4 Å². The van der Waals surface area contributed by atoms with E-state index in [0.717, 1.165) is 38.0 Å². The zero-order valence-electron chi connectivity index (χ0n) is 14.0. The van der Waals surface area contributed by atoms with E-state index in [0.29, 0.717) is 19.5 Å². The van der Waals surface area contributed by atoms with Gasteiger partial charge < -0.3 is 9.80 Å². The SMILES string of the molecule is CCN1CCN(C)C(=O)C12CCN(C(=O)Cc1ccsc1)CC2. The number of piperidine rings is 1. The maximum Gasteiger partial charge on any atom is 0.243 e. The van der Waals surface area contributed by atoms with E-state index in [1.54, 1.807) is 11.3 Å². The first kappa shape index (κ1) is 16.5. The molecule has 0 radical (unpaired) electrons. The number of carbonyl (C=O) groups is 2. The molecule has 0 atom stereocenters. The minimum Gasteiger partial charge on any atom is -0.343 e. The van der Waals surface area contributed by atoms with Crippen LogP contribution in [0.2, 0.25) is 0 Å². The Morgan fingerprint density at radius 1 is 1.26 bits per heavy atom. The molecule has 5 nitrogen and oxygen atoms in total. The summed E-state index contributed by atoms with van der Waals surface area (Å²) in [6.45, 7) is 6.10. The lowest BCUT2D eigenvalue weighted by Gasteiger charge is -2.52. The van der Waals surface area contributed by atoms with Crippen LogP contribution in [0.25, 0.3) is 0 Å². The molecule has 2 aliphatic heterocycles. The van der Waals surface area contributed by atoms with Gasteiger partial charge in [0.15, 0.2) is 0 Å². The van der Waals surface area contributed by atoms with Gasteiger partial charge >= 0.3 is 0 Å². The van der Waals surface area contributed by atoms with Gasteiger partial charge in [-0.25, -0.2) is 0 Å². The van der Waals surface area contributed by atoms with E-state index in [1.165, 1.54) is 0 Å². The summed E-state index contributed by atoms with van der Waals surface area (Å²) in [6, 6.07) is 2.01. The maximum atomic E-state index is 12.8. The van der Waals surface area contributed by atoms with Gasteiger partial charge in [-0.05, 0) is 41.8 Å². The Balaban J connectivity index is 1.66. The van der Waals surface area contributed by atoms with Crippen LogP contribution in [-0.2, 0) is 16.0 Å². The van der Waals surface area contributed by atoms with Crippen molar-refractivity contribution in [2.75, 3.05) is 39.8 Å². The number of nitrogens with zero attached hydrogens (tertiary/aromatic N) is 3. The van der Waals surface area contributed by atoms with Gasteiger partial charge in [-0.3, -0.25) is 14.5 Å². The fourth-order valence-electron chi connectivity index (χ4n) is 3.87. The highest BCUT2D eigenvalue weighted by Gasteiger charge is 2.49. The summed E-state index contributed by atoms with van der Waals surface area (Å²) < 4.78 is 0. The Hall–Kier alpha value is -1.40. The quantitative estimate of drug-likeness (QED) is 0.840. The van der Waals surface area contributed by atoms with E-state index in [2.05, 4.69) is 11.8 Å². The zero-order valence-corrected chi connectivity index (χ0v) is 14.8. The number of thiophene rings is 1. The van der Waals surface area contributed by atoms with Crippen LogP contribution >= 0.6 is 11.3 Å². The molecule has 0 N–H and O–H groups in total. The lowest BCUT2D eigenvalue weighted by molar-refractivity contribution is -0.156. The first-order valence-electron chi connectivity index (χ1n) is 8.36. The summed E-state index contributed by atoms with van der Waals surface area (Å²) in [4.78, 5) is 31.3. The van der Waals surface area contributed by atoms with Crippen LogP contribution in [0.3, 0.4) is 0 Å². The van der Waals surface area contributed by atoms with Crippen molar-refractivity contribution >= 4 is 23.2 Å². The predicted octanol–water partition coefficient (Wildman–Crippen LogP) is 1.45. The molecule has 2 aliphatic rings. The van der Waals surface area contributed by atoms with Gasteiger partial charge in [-0.2, -0.15) is 11.3 Å². The molecular weight excluding hydrogens is 310 g/mol. The fourth-order valence-corrected chi connectivity index (χ4v) is 4.54. The number of rotatable bonds is 3. The Kier molecular flexibility index (Phi) is 4.73. The van der Waals surface area contributed by atoms with Crippen LogP contribution in [0.5, 0.6) is 0 Å². The molecule has 3 rings (SSSR count). The number of carbonyl (C=O) groups excluding carboxylic acids is 2. The Labute approximate surface area is 141 Å². The highest BCUT2D eigenvalue weighted by molar-refractivity contribution is 7.08. The topological polar surface area (TPSA) is 43.9 Å². The van der Waals surface area contributed by atoms with Crippen molar-refractivity contribution in [3.8, 4) is 0 Å². The molecule has 0 unspecified atom stereocenters. The molecule has 1 spiro atoms. The number of hydrogen-bond donors (Lipinski definition) is 0. The maximum absolute atomic E-state index is 12.8. The van der Waals surface area contributed by atoms with Crippen molar-refractivity contribution in [3.05, 3.63) is 22.4 Å². The van der Waals surface area contributed by atoms with Gasteiger partial charge in [-0.15, -0.1) is 0 Å². The summed E-state index contributed by atoms with van der Waals surface area (Å²) in [5.74, 6) is 0.411. The lowest BCUT2D eigenvalue weighted by atomic mass is 9.82. The van der Waals surface area contributed by atoms with Crippen LogP contribution in [-0.4, -0.2) is 71.8 Å². The highest BCUT2D eigenvalue weighted by Crippen LogP contribution is 2.33. The van der Waals surface area contributed by atoms with Crippen molar-refractivity contribution in [3.63, 3.8) is 0 Å². The smallest absolute Gasteiger partial charge is 0.243 e. The summed E-state index contributed by atoms with van der Waals surface area (Å²) in [7, 11) is 1.89. The number of likely N-dealkylation sites (tertiary alicyclic amines) is 1. The standard InChI is InChI=1S/C17H25N3O2S/c1-3-20-10-9-18(2)16(22)17(20)5-7-19(8-6-17)15(21)12-14-4-11-23-13-14/h4,11,13H,3,5-10,12H2,1-2H3. The average molecular weight is 335 g/mol. The number of piperazine rings is 1. The first-order chi connectivity index (χ1) is 11.1. The van der Waals surface area contributed by atoms with E-state index in [1.807, 2.05) is 33.7 Å². The van der Waals surface area contributed by atoms with Crippen LogP contribution in [0.15, 0.2) is 16.8 Å². The van der Waals surface area contributed by atoms with Gasteiger partial charge in [-0.1, -0.05) is 6.92 Å². The summed E-state index contributed by atoms with van der Waals surface area (Å²) in [5.41, 5.74) is 0.699. The van der Waals surface area contributed by atoms with Crippen LogP contribution in [0, 0.1) is 0 Å². The zero-order chi connectivity index (χ0) is 16.4. The lowest BCUT2D eigenvalue weighted by Crippen LogP contribution is -2.68. The molecule has 1 aromatic rings. The molecule has 3 heterocycles. The summed E-state index contributed by atoms with van der Waals surface area (Å²) >= 11 is 1.62. The number of amides is 2.